The van der Waals surface area contributed by atoms with E-state index in [1.807, 2.05) is 37.6 Å². The normalized spacial score (nSPS) is 13.4. The highest BCUT2D eigenvalue weighted by Crippen LogP contribution is 2.44. The zero-order valence-corrected chi connectivity index (χ0v) is 18.4. The lowest BCUT2D eigenvalue weighted by atomic mass is 10.1. The molecule has 4 aromatic heterocycles. The van der Waals surface area contributed by atoms with E-state index in [0.29, 0.717) is 11.5 Å². The first-order valence-electron chi connectivity index (χ1n) is 10.4. The Balaban J connectivity index is 1.71. The van der Waals surface area contributed by atoms with Crippen LogP contribution in [0.3, 0.4) is 0 Å². The van der Waals surface area contributed by atoms with E-state index in [2.05, 4.69) is 20.3 Å². The lowest BCUT2D eigenvalue weighted by molar-refractivity contribution is 0.0595. The molecule has 0 spiro atoms. The first-order valence-corrected chi connectivity index (χ1v) is 10.4. The summed E-state index contributed by atoms with van der Waals surface area (Å²) in [6.45, 7) is 3.84. The molecule has 9 heteroatoms. The van der Waals surface area contributed by atoms with E-state index in [9.17, 15) is 4.79 Å². The molecule has 5 rings (SSSR count). The van der Waals surface area contributed by atoms with Gasteiger partial charge in [-0.25, -0.2) is 19.7 Å². The van der Waals surface area contributed by atoms with Crippen LogP contribution >= 0.6 is 0 Å². The standard InChI is InChI=1S/C23H23N7O2/c1-12-7-15(8-13(2)26-12)27-22-21(23(31)32-4)28-20(18(29-22)14-5-6-14)16-9-24-10-17-19(16)25-11-30(17)3/h7-11,14H,5-6H2,1-4H3,(H,26,27,29). The molecule has 0 aliphatic heterocycles. The molecule has 0 bridgehead atoms. The topological polar surface area (TPSA) is 108 Å². The van der Waals surface area contributed by atoms with Crippen LogP contribution in [0.25, 0.3) is 22.3 Å². The van der Waals surface area contributed by atoms with Crippen molar-refractivity contribution in [2.75, 3.05) is 12.4 Å². The Hall–Kier alpha value is -3.88. The fraction of sp³-hybridized carbons (Fsp3) is 0.304. The van der Waals surface area contributed by atoms with Crippen molar-refractivity contribution in [3.05, 3.63) is 53.6 Å². The van der Waals surface area contributed by atoms with Gasteiger partial charge < -0.3 is 14.6 Å². The summed E-state index contributed by atoms with van der Waals surface area (Å²) in [6.07, 6.45) is 7.29. The monoisotopic (exact) mass is 429 g/mol. The van der Waals surface area contributed by atoms with Gasteiger partial charge in [-0.2, -0.15) is 0 Å². The molecule has 162 valence electrons. The molecule has 0 radical (unpaired) electrons. The van der Waals surface area contributed by atoms with Crippen molar-refractivity contribution in [3.63, 3.8) is 0 Å². The van der Waals surface area contributed by atoms with E-state index in [4.69, 9.17) is 14.7 Å². The van der Waals surface area contributed by atoms with Crippen molar-refractivity contribution < 1.29 is 9.53 Å². The Bertz CT molecular complexity index is 1340. The molecule has 0 amide bonds. The van der Waals surface area contributed by atoms with Crippen LogP contribution in [0.1, 0.15) is 46.3 Å². The number of aryl methyl sites for hydroxylation is 3. The van der Waals surface area contributed by atoms with E-state index < -0.39 is 5.97 Å². The lowest BCUT2D eigenvalue weighted by Crippen LogP contribution is -2.13. The predicted molar refractivity (Wildman–Crippen MR) is 120 cm³/mol. The highest BCUT2D eigenvalue weighted by Gasteiger charge is 2.32. The van der Waals surface area contributed by atoms with Gasteiger partial charge in [0.15, 0.2) is 11.5 Å². The number of esters is 1. The summed E-state index contributed by atoms with van der Waals surface area (Å²) >= 11 is 0. The van der Waals surface area contributed by atoms with E-state index in [0.717, 1.165) is 52.2 Å². The molecule has 1 aliphatic carbocycles. The lowest BCUT2D eigenvalue weighted by Gasteiger charge is -2.15. The van der Waals surface area contributed by atoms with Gasteiger partial charge in [0.25, 0.3) is 0 Å². The number of nitrogens with zero attached hydrogens (tertiary/aromatic N) is 6. The SMILES string of the molecule is COC(=O)c1nc(-c2cncc3c2ncn3C)c(C2CC2)nc1Nc1cc(C)nc(C)c1. The molecule has 1 saturated carbocycles. The van der Waals surface area contributed by atoms with Crippen molar-refractivity contribution in [2.24, 2.45) is 7.05 Å². The van der Waals surface area contributed by atoms with Crippen LogP contribution in [0.2, 0.25) is 0 Å². The minimum absolute atomic E-state index is 0.118. The number of nitrogens with one attached hydrogen (secondary N) is 1. The van der Waals surface area contributed by atoms with Crippen LogP contribution in [-0.2, 0) is 11.8 Å². The van der Waals surface area contributed by atoms with Crippen molar-refractivity contribution >= 4 is 28.5 Å². The fourth-order valence-electron chi connectivity index (χ4n) is 3.87. The Morgan fingerprint density at radius 3 is 2.56 bits per heavy atom. The second kappa shape index (κ2) is 7.67. The third kappa shape index (κ3) is 3.55. The van der Waals surface area contributed by atoms with Gasteiger partial charge in [0.1, 0.15) is 5.52 Å². The molecule has 32 heavy (non-hydrogen) atoms. The average molecular weight is 429 g/mol. The molecule has 0 atom stereocenters. The zero-order chi connectivity index (χ0) is 22.4. The minimum atomic E-state index is -0.563. The van der Waals surface area contributed by atoms with Gasteiger partial charge in [-0.3, -0.25) is 9.97 Å². The predicted octanol–water partition coefficient (Wildman–Crippen LogP) is 3.84. The van der Waals surface area contributed by atoms with Crippen molar-refractivity contribution in [1.29, 1.82) is 0 Å². The number of hydrogen-bond acceptors (Lipinski definition) is 8. The Morgan fingerprint density at radius 2 is 1.88 bits per heavy atom. The number of rotatable bonds is 5. The molecule has 0 unspecified atom stereocenters. The summed E-state index contributed by atoms with van der Waals surface area (Å²) in [7, 11) is 3.25. The highest BCUT2D eigenvalue weighted by molar-refractivity contribution is 5.96. The second-order valence-corrected chi connectivity index (χ2v) is 8.09. The Labute approximate surface area is 184 Å². The summed E-state index contributed by atoms with van der Waals surface area (Å²) < 4.78 is 6.94. The number of carbonyl (C=O) groups excluding carboxylic acids is 1. The number of imidazole rings is 1. The Kier molecular flexibility index (Phi) is 4.80. The van der Waals surface area contributed by atoms with Crippen LogP contribution in [0.5, 0.6) is 0 Å². The molecule has 1 aliphatic rings. The first kappa shape index (κ1) is 20.0. The molecule has 9 nitrogen and oxygen atoms in total. The highest BCUT2D eigenvalue weighted by atomic mass is 16.5. The van der Waals surface area contributed by atoms with Gasteiger partial charge in [-0.05, 0) is 38.8 Å². The molecule has 1 N–H and O–H groups in total. The molecule has 4 heterocycles. The maximum Gasteiger partial charge on any atom is 0.360 e. The van der Waals surface area contributed by atoms with E-state index in [-0.39, 0.29) is 11.6 Å². The minimum Gasteiger partial charge on any atom is -0.464 e. The summed E-state index contributed by atoms with van der Waals surface area (Å²) in [4.78, 5) is 35.7. The smallest absolute Gasteiger partial charge is 0.360 e. The number of pyridine rings is 2. The number of methoxy groups -OCH3 is 1. The van der Waals surface area contributed by atoms with Gasteiger partial charge >= 0.3 is 5.97 Å². The summed E-state index contributed by atoms with van der Waals surface area (Å²) in [6, 6.07) is 3.80. The third-order valence-corrected chi connectivity index (χ3v) is 5.50. The number of hydrogen-bond donors (Lipinski definition) is 1. The van der Waals surface area contributed by atoms with E-state index in [1.54, 1.807) is 18.7 Å². The fourth-order valence-corrected chi connectivity index (χ4v) is 3.87. The Morgan fingerprint density at radius 1 is 1.12 bits per heavy atom. The molecule has 0 saturated heterocycles. The van der Waals surface area contributed by atoms with E-state index >= 15 is 0 Å². The number of aromatic nitrogens is 6. The molecule has 4 aromatic rings. The van der Waals surface area contributed by atoms with Gasteiger partial charge in [-0.15, -0.1) is 0 Å². The summed E-state index contributed by atoms with van der Waals surface area (Å²) in [5.41, 5.74) is 6.51. The van der Waals surface area contributed by atoms with Crippen molar-refractivity contribution in [3.8, 4) is 11.3 Å². The zero-order valence-electron chi connectivity index (χ0n) is 18.4. The third-order valence-electron chi connectivity index (χ3n) is 5.50. The molecular formula is C23H23N7O2. The maximum absolute atomic E-state index is 12.7. The number of carbonyl (C=O) groups is 1. The van der Waals surface area contributed by atoms with Crippen LogP contribution in [0.4, 0.5) is 11.5 Å². The van der Waals surface area contributed by atoms with Crippen molar-refractivity contribution in [1.82, 2.24) is 29.5 Å². The van der Waals surface area contributed by atoms with Gasteiger partial charge in [0, 0.05) is 41.8 Å². The molecule has 1 fully saturated rings. The first-order chi connectivity index (χ1) is 15.4. The second-order valence-electron chi connectivity index (χ2n) is 8.09. The largest absolute Gasteiger partial charge is 0.464 e. The van der Waals surface area contributed by atoms with Gasteiger partial charge in [0.05, 0.1) is 36.5 Å². The van der Waals surface area contributed by atoms with Crippen LogP contribution in [0, 0.1) is 13.8 Å². The molecular weight excluding hydrogens is 406 g/mol. The van der Waals surface area contributed by atoms with Crippen LogP contribution in [0.15, 0.2) is 30.9 Å². The average Bonchev–Trinajstić information content (AvgIpc) is 3.55. The summed E-state index contributed by atoms with van der Waals surface area (Å²) in [5, 5.41) is 3.26. The molecule has 0 aromatic carbocycles. The number of ether oxygens (including phenoxy) is 1. The maximum atomic E-state index is 12.7. The van der Waals surface area contributed by atoms with Crippen LogP contribution in [-0.4, -0.2) is 42.6 Å². The van der Waals surface area contributed by atoms with Crippen LogP contribution < -0.4 is 5.32 Å². The van der Waals surface area contributed by atoms with E-state index in [1.165, 1.54) is 7.11 Å². The quantitative estimate of drug-likeness (QED) is 0.477. The van der Waals surface area contributed by atoms with Gasteiger partial charge in [-0.1, -0.05) is 0 Å². The van der Waals surface area contributed by atoms with Gasteiger partial charge in [0.2, 0.25) is 0 Å². The van der Waals surface area contributed by atoms with Crippen molar-refractivity contribution in [2.45, 2.75) is 32.6 Å². The number of fused-ring (bicyclic) bond motifs is 1. The summed E-state index contributed by atoms with van der Waals surface area (Å²) in [5.74, 6) is 0.0885. The number of anilines is 2.